The summed E-state index contributed by atoms with van der Waals surface area (Å²) in [5.74, 6) is 0. The highest BCUT2D eigenvalue weighted by Crippen LogP contribution is 2.21. The van der Waals surface area contributed by atoms with Crippen molar-refractivity contribution in [1.82, 2.24) is 5.32 Å². The summed E-state index contributed by atoms with van der Waals surface area (Å²) in [6.07, 6.45) is 0. The Kier molecular flexibility index (Phi) is 3.77. The van der Waals surface area contributed by atoms with E-state index in [9.17, 15) is 4.79 Å². The predicted octanol–water partition coefficient (Wildman–Crippen LogP) is 3.14. The van der Waals surface area contributed by atoms with Crippen LogP contribution in [-0.2, 0) is 6.54 Å². The van der Waals surface area contributed by atoms with Crippen LogP contribution < -0.4 is 15.5 Å². The smallest absolute Gasteiger partial charge is 0.321 e. The number of benzene rings is 2. The molecule has 2 N–H and O–H groups in total. The number of anilines is 2. The Hall–Kier alpha value is -2.49. The van der Waals surface area contributed by atoms with Gasteiger partial charge in [-0.1, -0.05) is 35.9 Å². The molecule has 3 rings (SSSR count). The van der Waals surface area contributed by atoms with E-state index >= 15 is 0 Å². The summed E-state index contributed by atoms with van der Waals surface area (Å²) in [6, 6.07) is 16.4. The van der Waals surface area contributed by atoms with Crippen LogP contribution in [0.3, 0.4) is 0 Å². The second-order valence-corrected chi connectivity index (χ2v) is 5.28. The largest absolute Gasteiger partial charge is 0.381 e. The van der Waals surface area contributed by atoms with Gasteiger partial charge in [-0.3, -0.25) is 4.90 Å². The topological polar surface area (TPSA) is 44.4 Å². The molecular weight excluding hydrogens is 262 g/mol. The van der Waals surface area contributed by atoms with Gasteiger partial charge in [0.15, 0.2) is 0 Å². The number of hydrogen-bond donors (Lipinski definition) is 2. The Morgan fingerprint density at radius 3 is 2.81 bits per heavy atom. The molecule has 0 aromatic heterocycles. The maximum Gasteiger partial charge on any atom is 0.321 e. The molecule has 1 heterocycles. The lowest BCUT2D eigenvalue weighted by Crippen LogP contribution is -2.27. The first-order valence-electron chi connectivity index (χ1n) is 7.17. The van der Waals surface area contributed by atoms with Gasteiger partial charge in [0.1, 0.15) is 0 Å². The van der Waals surface area contributed by atoms with Gasteiger partial charge in [0.05, 0.1) is 0 Å². The number of rotatable bonds is 4. The van der Waals surface area contributed by atoms with E-state index in [-0.39, 0.29) is 6.03 Å². The van der Waals surface area contributed by atoms with Crippen molar-refractivity contribution in [2.75, 3.05) is 23.3 Å². The molecule has 1 fully saturated rings. The number of urea groups is 1. The van der Waals surface area contributed by atoms with Crippen molar-refractivity contribution in [3.05, 3.63) is 59.7 Å². The maximum absolute atomic E-state index is 11.7. The van der Waals surface area contributed by atoms with E-state index in [4.69, 9.17) is 0 Å². The van der Waals surface area contributed by atoms with Crippen LogP contribution in [0.1, 0.15) is 11.1 Å². The minimum absolute atomic E-state index is 0.0224. The van der Waals surface area contributed by atoms with Crippen LogP contribution in [0.2, 0.25) is 0 Å². The summed E-state index contributed by atoms with van der Waals surface area (Å²) in [5.41, 5.74) is 4.46. The third-order valence-electron chi connectivity index (χ3n) is 3.59. The molecule has 108 valence electrons. The van der Waals surface area contributed by atoms with Gasteiger partial charge in [0.2, 0.25) is 0 Å². The lowest BCUT2D eigenvalue weighted by molar-refractivity contribution is 0.252. The van der Waals surface area contributed by atoms with Gasteiger partial charge in [0.25, 0.3) is 0 Å². The molecule has 0 radical (unpaired) electrons. The van der Waals surface area contributed by atoms with E-state index in [0.29, 0.717) is 6.54 Å². The molecule has 2 amide bonds. The van der Waals surface area contributed by atoms with E-state index in [1.807, 2.05) is 24.3 Å². The molecule has 0 unspecified atom stereocenters. The fourth-order valence-electron chi connectivity index (χ4n) is 2.53. The van der Waals surface area contributed by atoms with Crippen molar-refractivity contribution in [2.45, 2.75) is 13.5 Å². The van der Waals surface area contributed by atoms with Crippen molar-refractivity contribution in [2.24, 2.45) is 0 Å². The quantitative estimate of drug-likeness (QED) is 0.904. The van der Waals surface area contributed by atoms with E-state index in [1.165, 1.54) is 11.1 Å². The molecule has 21 heavy (non-hydrogen) atoms. The maximum atomic E-state index is 11.7. The number of nitrogens with zero attached hydrogens (tertiary/aromatic N) is 1. The van der Waals surface area contributed by atoms with E-state index in [1.54, 1.807) is 4.90 Å². The number of carbonyl (C=O) groups excluding carboxylic acids is 1. The molecule has 4 nitrogen and oxygen atoms in total. The van der Waals surface area contributed by atoms with Crippen molar-refractivity contribution in [3.63, 3.8) is 0 Å². The second kappa shape index (κ2) is 5.87. The van der Waals surface area contributed by atoms with Crippen molar-refractivity contribution >= 4 is 17.4 Å². The lowest BCUT2D eigenvalue weighted by atomic mass is 10.1. The van der Waals surface area contributed by atoms with Crippen molar-refractivity contribution < 1.29 is 4.79 Å². The number of hydrogen-bond acceptors (Lipinski definition) is 2. The normalized spacial score (nSPS) is 14.1. The van der Waals surface area contributed by atoms with Crippen LogP contribution in [0, 0.1) is 6.92 Å². The van der Waals surface area contributed by atoms with Gasteiger partial charge >= 0.3 is 6.03 Å². The van der Waals surface area contributed by atoms with Crippen molar-refractivity contribution in [3.8, 4) is 0 Å². The minimum atomic E-state index is -0.0224. The van der Waals surface area contributed by atoms with Crippen LogP contribution in [0.4, 0.5) is 16.2 Å². The molecule has 2 aromatic rings. The Balaban J connectivity index is 1.70. The molecule has 2 aromatic carbocycles. The van der Waals surface area contributed by atoms with Crippen molar-refractivity contribution in [1.29, 1.82) is 0 Å². The van der Waals surface area contributed by atoms with E-state index in [2.05, 4.69) is 41.8 Å². The molecule has 1 aliphatic rings. The molecule has 0 spiro atoms. The highest BCUT2D eigenvalue weighted by Gasteiger charge is 2.20. The lowest BCUT2D eigenvalue weighted by Gasteiger charge is -2.16. The Bertz CT molecular complexity index is 654. The molecule has 4 heteroatoms. The van der Waals surface area contributed by atoms with E-state index in [0.717, 1.165) is 24.5 Å². The molecule has 0 aliphatic carbocycles. The van der Waals surface area contributed by atoms with Gasteiger partial charge in [-0.2, -0.15) is 0 Å². The highest BCUT2D eigenvalue weighted by atomic mass is 16.2. The summed E-state index contributed by atoms with van der Waals surface area (Å²) in [5, 5.41) is 6.23. The Morgan fingerprint density at radius 2 is 2.05 bits per heavy atom. The number of carbonyl (C=O) groups is 1. The standard InChI is InChI=1S/C17H19N3O/c1-13-4-2-5-14(10-13)12-19-15-6-3-7-16(11-15)20-9-8-18-17(20)21/h2-7,10-11,19H,8-9,12H2,1H3,(H,18,21). The molecule has 0 atom stereocenters. The van der Waals surface area contributed by atoms with Crippen LogP contribution in [0.5, 0.6) is 0 Å². The molecule has 0 saturated carbocycles. The van der Waals surface area contributed by atoms with Gasteiger partial charge in [0, 0.05) is 31.0 Å². The zero-order valence-corrected chi connectivity index (χ0v) is 12.1. The van der Waals surface area contributed by atoms with Gasteiger partial charge in [-0.05, 0) is 30.7 Å². The first kappa shape index (κ1) is 13.5. The van der Waals surface area contributed by atoms with Gasteiger partial charge < -0.3 is 10.6 Å². The SMILES string of the molecule is Cc1cccc(CNc2cccc(N3CCNC3=O)c2)c1. The first-order valence-corrected chi connectivity index (χ1v) is 7.17. The summed E-state index contributed by atoms with van der Waals surface area (Å²) >= 11 is 0. The minimum Gasteiger partial charge on any atom is -0.381 e. The van der Waals surface area contributed by atoms with Gasteiger partial charge in [-0.25, -0.2) is 4.79 Å². The zero-order chi connectivity index (χ0) is 14.7. The first-order chi connectivity index (χ1) is 10.2. The summed E-state index contributed by atoms with van der Waals surface area (Å²) in [6.45, 7) is 4.30. The Labute approximate surface area is 124 Å². The fourth-order valence-corrected chi connectivity index (χ4v) is 2.53. The molecular formula is C17H19N3O. The zero-order valence-electron chi connectivity index (χ0n) is 12.1. The van der Waals surface area contributed by atoms with Crippen LogP contribution >= 0.6 is 0 Å². The van der Waals surface area contributed by atoms with Crippen LogP contribution in [0.25, 0.3) is 0 Å². The van der Waals surface area contributed by atoms with E-state index < -0.39 is 0 Å². The van der Waals surface area contributed by atoms with Crippen LogP contribution in [-0.4, -0.2) is 19.1 Å². The van der Waals surface area contributed by atoms with Crippen LogP contribution in [0.15, 0.2) is 48.5 Å². The highest BCUT2D eigenvalue weighted by molar-refractivity contribution is 5.94. The predicted molar refractivity (Wildman–Crippen MR) is 85.7 cm³/mol. The monoisotopic (exact) mass is 281 g/mol. The average Bonchev–Trinajstić information content (AvgIpc) is 2.92. The summed E-state index contributed by atoms with van der Waals surface area (Å²) < 4.78 is 0. The molecule has 0 bridgehead atoms. The molecule has 1 aliphatic heterocycles. The summed E-state index contributed by atoms with van der Waals surface area (Å²) in [4.78, 5) is 13.5. The number of nitrogens with one attached hydrogen (secondary N) is 2. The summed E-state index contributed by atoms with van der Waals surface area (Å²) in [7, 11) is 0. The van der Waals surface area contributed by atoms with Gasteiger partial charge in [-0.15, -0.1) is 0 Å². The third-order valence-corrected chi connectivity index (χ3v) is 3.59. The number of amides is 2. The third kappa shape index (κ3) is 3.16. The molecule has 1 saturated heterocycles. The average molecular weight is 281 g/mol. The Morgan fingerprint density at radius 1 is 1.19 bits per heavy atom. The second-order valence-electron chi connectivity index (χ2n) is 5.28. The number of aryl methyl sites for hydroxylation is 1. The fraction of sp³-hybridized carbons (Fsp3) is 0.235.